The Hall–Kier alpha value is -2.28. The molecule has 0 aromatic heterocycles. The summed E-state index contributed by atoms with van der Waals surface area (Å²) in [7, 11) is 0. The number of amides is 1. The first-order valence-electron chi connectivity index (χ1n) is 10.2. The highest BCUT2D eigenvalue weighted by molar-refractivity contribution is 5.86. The largest absolute Gasteiger partial charge is 0.393 e. The summed E-state index contributed by atoms with van der Waals surface area (Å²) in [5.41, 5.74) is 3.82. The Morgan fingerprint density at radius 3 is 2.17 bits per heavy atom. The lowest BCUT2D eigenvalue weighted by Crippen LogP contribution is -2.65. The van der Waals surface area contributed by atoms with Crippen LogP contribution in [0.3, 0.4) is 0 Å². The van der Waals surface area contributed by atoms with Gasteiger partial charge in [0.05, 0.1) is 6.10 Å². The number of hydrogen-bond donors (Lipinski definition) is 4. The van der Waals surface area contributed by atoms with Gasteiger partial charge in [-0.2, -0.15) is 0 Å². The second-order valence-corrected chi connectivity index (χ2v) is 6.62. The monoisotopic (exact) mass is 404 g/mol. The molecule has 5 nitrogen and oxygen atoms in total. The number of hydrogen-bond acceptors (Lipinski definition) is 4. The fourth-order valence-corrected chi connectivity index (χ4v) is 3.19. The van der Waals surface area contributed by atoms with Gasteiger partial charge in [0, 0.05) is 24.9 Å². The van der Waals surface area contributed by atoms with Gasteiger partial charge in [0.2, 0.25) is 0 Å². The maximum absolute atomic E-state index is 14.1. The van der Waals surface area contributed by atoms with Gasteiger partial charge in [-0.1, -0.05) is 64.1 Å². The van der Waals surface area contributed by atoms with E-state index in [0.717, 1.165) is 16.7 Å². The minimum Gasteiger partial charge on any atom is -0.393 e. The van der Waals surface area contributed by atoms with Crippen molar-refractivity contribution < 1.29 is 19.5 Å². The van der Waals surface area contributed by atoms with Crippen molar-refractivity contribution in [3.05, 3.63) is 59.4 Å². The number of hydroxylamine groups is 1. The van der Waals surface area contributed by atoms with Crippen LogP contribution < -0.4 is 10.8 Å². The van der Waals surface area contributed by atoms with Crippen LogP contribution in [0.25, 0.3) is 11.1 Å². The molecule has 0 spiro atoms. The van der Waals surface area contributed by atoms with Crippen molar-refractivity contribution in [3.63, 3.8) is 0 Å². The van der Waals surface area contributed by atoms with Crippen LogP contribution in [0.2, 0.25) is 0 Å². The minimum absolute atomic E-state index is 0.256. The molecule has 0 atom stereocenters. The van der Waals surface area contributed by atoms with E-state index in [9.17, 15) is 14.3 Å². The third-order valence-electron chi connectivity index (χ3n) is 4.72. The van der Waals surface area contributed by atoms with Crippen molar-refractivity contribution >= 4 is 5.91 Å². The molecule has 0 radical (unpaired) electrons. The molecule has 6 heteroatoms. The average molecular weight is 405 g/mol. The van der Waals surface area contributed by atoms with Crippen molar-refractivity contribution in [2.75, 3.05) is 0 Å². The van der Waals surface area contributed by atoms with Gasteiger partial charge in [0.15, 0.2) is 0 Å². The lowest BCUT2D eigenvalue weighted by atomic mass is 9.73. The summed E-state index contributed by atoms with van der Waals surface area (Å²) in [6.07, 6.45) is -0.0327. The van der Waals surface area contributed by atoms with E-state index in [4.69, 9.17) is 5.21 Å². The molecule has 1 fully saturated rings. The summed E-state index contributed by atoms with van der Waals surface area (Å²) < 4.78 is 14.1. The first-order valence-corrected chi connectivity index (χ1v) is 10.2. The average Bonchev–Trinajstić information content (AvgIpc) is 2.73. The summed E-state index contributed by atoms with van der Waals surface area (Å²) in [6.45, 7) is 10.2. The van der Waals surface area contributed by atoms with E-state index in [1.54, 1.807) is 11.5 Å². The highest BCUT2D eigenvalue weighted by atomic mass is 19.1. The Balaban J connectivity index is 0.000000989. The number of aliphatic hydroxyl groups is 1. The van der Waals surface area contributed by atoms with E-state index in [1.165, 1.54) is 6.07 Å². The number of halogens is 1. The number of carbonyl (C=O) groups is 1. The van der Waals surface area contributed by atoms with E-state index in [1.807, 2.05) is 65.0 Å². The van der Waals surface area contributed by atoms with Gasteiger partial charge in [-0.15, -0.1) is 0 Å². The van der Waals surface area contributed by atoms with Crippen LogP contribution in [0, 0.1) is 12.7 Å². The van der Waals surface area contributed by atoms with E-state index < -0.39 is 17.6 Å². The first kappa shape index (κ1) is 24.8. The zero-order chi connectivity index (χ0) is 22.0. The molecule has 1 aliphatic rings. The van der Waals surface area contributed by atoms with Crippen LogP contribution in [-0.4, -0.2) is 27.9 Å². The van der Waals surface area contributed by atoms with E-state index in [2.05, 4.69) is 5.32 Å². The van der Waals surface area contributed by atoms with Gasteiger partial charge >= 0.3 is 0 Å². The predicted octanol–water partition coefficient (Wildman–Crippen LogP) is 4.34. The number of nitrogens with one attached hydrogen (secondary N) is 2. The molecule has 0 saturated heterocycles. The molecule has 0 bridgehead atoms. The molecule has 4 N–H and O–H groups in total. The van der Waals surface area contributed by atoms with Crippen molar-refractivity contribution in [3.8, 4) is 11.1 Å². The van der Waals surface area contributed by atoms with Crippen LogP contribution in [-0.2, 0) is 11.3 Å². The molecule has 2 aromatic rings. The van der Waals surface area contributed by atoms with Crippen molar-refractivity contribution in [2.45, 2.75) is 65.6 Å². The van der Waals surface area contributed by atoms with Gasteiger partial charge in [0.25, 0.3) is 5.91 Å². The van der Waals surface area contributed by atoms with E-state index in [0.29, 0.717) is 12.1 Å². The van der Waals surface area contributed by atoms with Crippen LogP contribution in [0.5, 0.6) is 0 Å². The molecule has 160 valence electrons. The minimum atomic E-state index is -0.949. The standard InChI is InChI=1S/C19H21FN2O3.2C2H6/c1-12-2-7-16(17(20)8-12)14-5-3-13(4-6-14)11-21-19(18(24)22-25)9-15(23)10-19;2*1-2/h2-8,15,21,23,25H,9-11H2,1H3,(H,22,24);2*1-2H3. The third-order valence-corrected chi connectivity index (χ3v) is 4.72. The second-order valence-electron chi connectivity index (χ2n) is 6.62. The fraction of sp³-hybridized carbons (Fsp3) is 0.435. The van der Waals surface area contributed by atoms with Gasteiger partial charge in [0.1, 0.15) is 11.4 Å². The molecule has 3 rings (SSSR count). The summed E-state index contributed by atoms with van der Waals surface area (Å²) >= 11 is 0. The van der Waals surface area contributed by atoms with Gasteiger partial charge < -0.3 is 5.11 Å². The lowest BCUT2D eigenvalue weighted by molar-refractivity contribution is -0.145. The number of aryl methyl sites for hydroxylation is 1. The Morgan fingerprint density at radius 1 is 1.10 bits per heavy atom. The normalized spacial score (nSPS) is 19.7. The fourth-order valence-electron chi connectivity index (χ4n) is 3.19. The smallest absolute Gasteiger partial charge is 0.263 e. The zero-order valence-corrected chi connectivity index (χ0v) is 17.9. The highest BCUT2D eigenvalue weighted by Crippen LogP contribution is 2.33. The number of aliphatic hydroxyl groups excluding tert-OH is 1. The van der Waals surface area contributed by atoms with Gasteiger partial charge in [-0.3, -0.25) is 15.3 Å². The van der Waals surface area contributed by atoms with Crippen LogP contribution in [0.15, 0.2) is 42.5 Å². The summed E-state index contributed by atoms with van der Waals surface area (Å²) in [4.78, 5) is 11.8. The quantitative estimate of drug-likeness (QED) is 0.441. The first-order chi connectivity index (χ1) is 13.9. The predicted molar refractivity (Wildman–Crippen MR) is 114 cm³/mol. The maximum atomic E-state index is 14.1. The molecule has 0 unspecified atom stereocenters. The second kappa shape index (κ2) is 11.7. The third kappa shape index (κ3) is 6.10. The van der Waals surface area contributed by atoms with Gasteiger partial charge in [-0.05, 0) is 29.7 Å². The molecule has 2 aromatic carbocycles. The Labute approximate surface area is 172 Å². The summed E-state index contributed by atoms with van der Waals surface area (Å²) in [5.74, 6) is -0.802. The molecule has 29 heavy (non-hydrogen) atoms. The van der Waals surface area contributed by atoms with Crippen LogP contribution >= 0.6 is 0 Å². The van der Waals surface area contributed by atoms with E-state index in [-0.39, 0.29) is 18.7 Å². The van der Waals surface area contributed by atoms with Crippen molar-refractivity contribution in [1.82, 2.24) is 10.8 Å². The maximum Gasteiger partial charge on any atom is 0.263 e. The summed E-state index contributed by atoms with van der Waals surface area (Å²) in [6, 6.07) is 12.5. The highest BCUT2D eigenvalue weighted by Gasteiger charge is 2.49. The zero-order valence-electron chi connectivity index (χ0n) is 17.9. The Kier molecular flexibility index (Phi) is 9.95. The Morgan fingerprint density at radius 2 is 1.69 bits per heavy atom. The lowest BCUT2D eigenvalue weighted by Gasteiger charge is -2.43. The van der Waals surface area contributed by atoms with E-state index >= 15 is 0 Å². The molecular formula is C23H33FN2O3. The number of rotatable bonds is 5. The van der Waals surface area contributed by atoms with Crippen LogP contribution in [0.1, 0.15) is 51.7 Å². The van der Waals surface area contributed by atoms with Crippen molar-refractivity contribution in [2.24, 2.45) is 0 Å². The molecule has 0 heterocycles. The van der Waals surface area contributed by atoms with Gasteiger partial charge in [-0.25, -0.2) is 9.87 Å². The SMILES string of the molecule is CC.CC.Cc1ccc(-c2ccc(CNC3(C(=O)NO)CC(O)C3)cc2)c(F)c1. The number of benzene rings is 2. The molecule has 1 amide bonds. The Bertz CT molecular complexity index is 772. The molecule has 0 aliphatic heterocycles. The molecule has 1 aliphatic carbocycles. The molecule has 1 saturated carbocycles. The number of carbonyl (C=O) groups excluding carboxylic acids is 1. The summed E-state index contributed by atoms with van der Waals surface area (Å²) in [5, 5.41) is 21.5. The topological polar surface area (TPSA) is 81.6 Å². The van der Waals surface area contributed by atoms with Crippen molar-refractivity contribution in [1.29, 1.82) is 0 Å². The molecular weight excluding hydrogens is 371 g/mol. The van der Waals surface area contributed by atoms with Crippen LogP contribution in [0.4, 0.5) is 4.39 Å².